The van der Waals surface area contributed by atoms with Gasteiger partial charge in [-0.05, 0) is 18.2 Å². The molecule has 4 nitrogen and oxygen atoms in total. The first kappa shape index (κ1) is 17.5. The van der Waals surface area contributed by atoms with Gasteiger partial charge in [0.25, 0.3) is 0 Å². The summed E-state index contributed by atoms with van der Waals surface area (Å²) in [6, 6.07) is 7.96. The van der Waals surface area contributed by atoms with Crippen molar-refractivity contribution in [3.63, 3.8) is 0 Å². The van der Waals surface area contributed by atoms with Gasteiger partial charge in [0.15, 0.2) is 0 Å². The van der Waals surface area contributed by atoms with E-state index in [1.54, 1.807) is 0 Å². The van der Waals surface area contributed by atoms with Crippen LogP contribution in [0.15, 0.2) is 34.3 Å². The van der Waals surface area contributed by atoms with E-state index in [0.29, 0.717) is 13.2 Å². The monoisotopic (exact) mass is 476 g/mol. The second-order valence-corrected chi connectivity index (χ2v) is 29.5. The fraction of sp³-hybridized carbons (Fsp3) is 0.333. The van der Waals surface area contributed by atoms with E-state index in [4.69, 9.17) is 45.2 Å². The van der Waals surface area contributed by atoms with E-state index < -0.39 is 13.9 Å². The van der Waals surface area contributed by atoms with Gasteiger partial charge in [0.05, 0.1) is 13.1 Å². The van der Waals surface area contributed by atoms with Crippen LogP contribution >= 0.6 is 35.7 Å². The Labute approximate surface area is 141 Å². The first-order valence-corrected chi connectivity index (χ1v) is 20.6. The van der Waals surface area contributed by atoms with Crippen LogP contribution in [0.5, 0.6) is 0 Å². The maximum absolute atomic E-state index is 5.43. The molecule has 0 spiro atoms. The summed E-state index contributed by atoms with van der Waals surface area (Å²) >= 11 is -3.29. The first-order chi connectivity index (χ1) is 9.93. The zero-order chi connectivity index (χ0) is 15.3. The molecule has 2 aliphatic rings. The van der Waals surface area contributed by atoms with Crippen LogP contribution in [-0.2, 0) is 9.47 Å². The molecule has 2 heterocycles. The molecule has 0 aliphatic carbocycles. The van der Waals surface area contributed by atoms with Crippen molar-refractivity contribution in [1.82, 2.24) is 0 Å². The Morgan fingerprint density at radius 3 is 1.62 bits per heavy atom. The number of ether oxygens (including phenoxy) is 2. The molecule has 0 aromatic heterocycles. The minimum atomic E-state index is -3.29. The molecule has 0 saturated carbocycles. The van der Waals surface area contributed by atoms with Gasteiger partial charge >= 0.3 is 49.6 Å². The van der Waals surface area contributed by atoms with Crippen molar-refractivity contribution < 1.29 is 9.47 Å². The molecule has 0 radical (unpaired) electrons. The quantitative estimate of drug-likeness (QED) is 0.612. The van der Waals surface area contributed by atoms with Gasteiger partial charge in [0.1, 0.15) is 13.2 Å². The van der Waals surface area contributed by atoms with Gasteiger partial charge in [-0.2, -0.15) is 0 Å². The maximum atomic E-state index is 5.43. The third-order valence-corrected chi connectivity index (χ3v) is 2.53. The molecule has 2 aliphatic heterocycles. The van der Waals surface area contributed by atoms with Gasteiger partial charge in [0.2, 0.25) is 11.8 Å². The molecule has 9 heteroatoms. The fourth-order valence-electron chi connectivity index (χ4n) is 1.80. The fourth-order valence-corrected chi connectivity index (χ4v) is 1.80. The zero-order valence-electron chi connectivity index (χ0n) is 10.9. The molecule has 0 fully saturated rings. The molecule has 0 N–H and O–H groups in total. The van der Waals surface area contributed by atoms with Crippen LogP contribution in [0.4, 0.5) is 0 Å². The van der Waals surface area contributed by atoms with E-state index in [1.807, 2.05) is 24.3 Å². The topological polar surface area (TPSA) is 43.2 Å². The largest absolute Gasteiger partial charge is 0.476 e. The summed E-state index contributed by atoms with van der Waals surface area (Å²) in [5.74, 6) is 1.45. The van der Waals surface area contributed by atoms with Gasteiger partial charge in [-0.3, -0.25) is 0 Å². The Morgan fingerprint density at radius 1 is 0.857 bits per heavy atom. The Balaban J connectivity index is 0.000000282. The molecule has 0 saturated heterocycles. The normalized spacial score (nSPS) is 17.1. The first-order valence-electron chi connectivity index (χ1n) is 6.14. The second kappa shape index (κ2) is 8.11. The SMILES string of the molecule is [Cl][Sn]([Cl])([Cl])[Cl].c1cc(C2=NCCO2)cc(C2=NCCO2)c1. The molecule has 0 unspecified atom stereocenters. The van der Waals surface area contributed by atoms with Crippen LogP contribution in [0.25, 0.3) is 0 Å². The van der Waals surface area contributed by atoms with Crippen LogP contribution in [0, 0.1) is 0 Å². The van der Waals surface area contributed by atoms with Crippen LogP contribution < -0.4 is 0 Å². The van der Waals surface area contributed by atoms with Crippen LogP contribution in [0.3, 0.4) is 0 Å². The van der Waals surface area contributed by atoms with Crippen molar-refractivity contribution >= 4 is 61.4 Å². The van der Waals surface area contributed by atoms with Gasteiger partial charge < -0.3 is 9.47 Å². The molecular formula is C12H12Cl4N2O2Sn. The number of aliphatic imine (C=N–C) groups is 2. The molecule has 21 heavy (non-hydrogen) atoms. The molecule has 0 amide bonds. The van der Waals surface area contributed by atoms with Crippen molar-refractivity contribution in [1.29, 1.82) is 0 Å². The smallest absolute Gasteiger partial charge is 0.216 e. The van der Waals surface area contributed by atoms with Crippen molar-refractivity contribution in [2.75, 3.05) is 26.3 Å². The van der Waals surface area contributed by atoms with E-state index in [0.717, 1.165) is 36.0 Å². The van der Waals surface area contributed by atoms with E-state index in [9.17, 15) is 0 Å². The number of rotatable bonds is 2. The molecule has 0 atom stereocenters. The average Bonchev–Trinajstić information content (AvgIpc) is 3.11. The Kier molecular flexibility index (Phi) is 6.74. The van der Waals surface area contributed by atoms with Gasteiger partial charge in [-0.1, -0.05) is 6.07 Å². The van der Waals surface area contributed by atoms with Crippen LogP contribution in [-0.4, -0.2) is 52.0 Å². The zero-order valence-corrected chi connectivity index (χ0v) is 16.7. The number of nitrogens with zero attached hydrogens (tertiary/aromatic N) is 2. The standard InChI is InChI=1S/C12H12N2O2.4ClH.Sn/c1-2-9(11-13-4-6-15-11)8-10(3-1)12-14-5-7-16-12;;;;;/h1-3,8H,4-7H2;4*1H;/q;;;;;+4/p-4. The van der Waals surface area contributed by atoms with Crippen molar-refractivity contribution in [2.45, 2.75) is 0 Å². The predicted molar refractivity (Wildman–Crippen MR) is 90.3 cm³/mol. The van der Waals surface area contributed by atoms with E-state index in [2.05, 4.69) is 9.98 Å². The van der Waals surface area contributed by atoms with Crippen molar-refractivity contribution in [3.8, 4) is 0 Å². The predicted octanol–water partition coefficient (Wildman–Crippen LogP) is 3.62. The summed E-state index contributed by atoms with van der Waals surface area (Å²) < 4.78 is 10.9. The Morgan fingerprint density at radius 2 is 1.29 bits per heavy atom. The summed E-state index contributed by atoms with van der Waals surface area (Å²) in [4.78, 5) is 8.57. The summed E-state index contributed by atoms with van der Waals surface area (Å²) in [5, 5.41) is 0. The third-order valence-electron chi connectivity index (χ3n) is 2.53. The minimum Gasteiger partial charge on any atom is -0.476 e. The summed E-state index contributed by atoms with van der Waals surface area (Å²) in [5.41, 5.74) is 1.99. The number of hydrogen-bond donors (Lipinski definition) is 0. The third kappa shape index (κ3) is 6.40. The minimum absolute atomic E-state index is 0.678. The summed E-state index contributed by atoms with van der Waals surface area (Å²) in [7, 11) is 20.1. The maximum Gasteiger partial charge on any atom is 0.216 e. The van der Waals surface area contributed by atoms with E-state index in [1.165, 1.54) is 0 Å². The Bertz CT molecular complexity index is 515. The molecule has 1 aromatic rings. The number of halogens is 4. The molecule has 0 bridgehead atoms. The average molecular weight is 477 g/mol. The number of benzene rings is 1. The molecule has 114 valence electrons. The molecule has 3 rings (SSSR count). The van der Waals surface area contributed by atoms with Crippen LogP contribution in [0.2, 0.25) is 0 Å². The number of hydrogen-bond acceptors (Lipinski definition) is 4. The van der Waals surface area contributed by atoms with Crippen molar-refractivity contribution in [2.24, 2.45) is 9.98 Å². The summed E-state index contributed by atoms with van der Waals surface area (Å²) in [6.45, 7) is 2.85. The van der Waals surface area contributed by atoms with Gasteiger partial charge in [-0.15, -0.1) is 0 Å². The van der Waals surface area contributed by atoms with Gasteiger partial charge in [0, 0.05) is 11.1 Å². The molecule has 1 aromatic carbocycles. The van der Waals surface area contributed by atoms with E-state index in [-0.39, 0.29) is 0 Å². The second-order valence-electron chi connectivity index (χ2n) is 4.08. The van der Waals surface area contributed by atoms with Gasteiger partial charge in [-0.25, -0.2) is 9.98 Å². The van der Waals surface area contributed by atoms with Crippen LogP contribution in [0.1, 0.15) is 11.1 Å². The molecular weight excluding hydrogens is 465 g/mol. The Hall–Kier alpha value is 0.119. The van der Waals surface area contributed by atoms with E-state index >= 15 is 0 Å². The summed E-state index contributed by atoms with van der Waals surface area (Å²) in [6.07, 6.45) is 0. The van der Waals surface area contributed by atoms with Crippen molar-refractivity contribution in [3.05, 3.63) is 35.4 Å².